The molecule has 41 heavy (non-hydrogen) atoms. The normalized spacial score (nSPS) is 32.6. The highest BCUT2D eigenvalue weighted by atomic mass is 19.1. The van der Waals surface area contributed by atoms with Gasteiger partial charge in [-0.1, -0.05) is 25.8 Å². The van der Waals surface area contributed by atoms with Crippen molar-refractivity contribution in [3.63, 3.8) is 0 Å². The van der Waals surface area contributed by atoms with Crippen LogP contribution in [-0.4, -0.2) is 62.4 Å². The number of aromatic nitrogens is 2. The highest BCUT2D eigenvalue weighted by molar-refractivity contribution is 6.16. The second kappa shape index (κ2) is 8.09. The fraction of sp³-hybridized carbons (Fsp3) is 0.531. The number of carbonyl (C=O) groups is 1. The van der Waals surface area contributed by atoms with Crippen LogP contribution in [0.1, 0.15) is 79.9 Å². The maximum absolute atomic E-state index is 15.0. The Balaban J connectivity index is 1.15. The van der Waals surface area contributed by atoms with Crippen molar-refractivity contribution >= 4 is 28.2 Å². The molecule has 1 amide bonds. The van der Waals surface area contributed by atoms with Crippen molar-refractivity contribution in [3.05, 3.63) is 46.9 Å². The van der Waals surface area contributed by atoms with Gasteiger partial charge < -0.3 is 19.6 Å². The summed E-state index contributed by atoms with van der Waals surface area (Å²) < 4.78 is 22.9. The molecule has 6 aliphatic rings. The lowest BCUT2D eigenvalue weighted by molar-refractivity contribution is -0.953. The quantitative estimate of drug-likeness (QED) is 0.344. The number of hydrogen-bond acceptors (Lipinski definition) is 6. The lowest BCUT2D eigenvalue weighted by Gasteiger charge is -2.42. The molecule has 0 aliphatic carbocycles. The van der Waals surface area contributed by atoms with Crippen LogP contribution in [0.5, 0.6) is 11.8 Å². The van der Waals surface area contributed by atoms with Crippen LogP contribution in [0.15, 0.2) is 24.3 Å². The zero-order valence-electron chi connectivity index (χ0n) is 23.4. The third-order valence-corrected chi connectivity index (χ3v) is 11.4. The summed E-state index contributed by atoms with van der Waals surface area (Å²) in [6, 6.07) is 8.75. The average Bonchev–Trinajstić information content (AvgIpc) is 3.09. The lowest BCUT2D eigenvalue weighted by atomic mass is 9.98. The maximum atomic E-state index is 15.0. The van der Waals surface area contributed by atoms with E-state index in [1.807, 2.05) is 6.92 Å². The molecule has 9 rings (SSSR count). The summed E-state index contributed by atoms with van der Waals surface area (Å²) in [6.07, 6.45) is 9.85. The van der Waals surface area contributed by atoms with Gasteiger partial charge in [0.15, 0.2) is 6.04 Å². The molecule has 5 atom stereocenters. The van der Waals surface area contributed by atoms with Gasteiger partial charge in [0.25, 0.3) is 5.91 Å². The molecular formula is C32H35FN5O3+. The average molecular weight is 557 g/mol. The first-order valence-electron chi connectivity index (χ1n) is 15.5. The van der Waals surface area contributed by atoms with Crippen molar-refractivity contribution in [3.8, 4) is 11.8 Å². The van der Waals surface area contributed by atoms with Crippen LogP contribution in [0.25, 0.3) is 10.8 Å². The van der Waals surface area contributed by atoms with Crippen LogP contribution in [0.2, 0.25) is 0 Å². The third-order valence-electron chi connectivity index (χ3n) is 11.4. The largest absolute Gasteiger partial charge is 0.508 e. The zero-order valence-corrected chi connectivity index (χ0v) is 23.4. The van der Waals surface area contributed by atoms with E-state index in [1.54, 1.807) is 23.1 Å². The molecule has 0 saturated carbocycles. The molecule has 3 aromatic rings. The zero-order chi connectivity index (χ0) is 27.7. The number of ether oxygens (including phenoxy) is 1. The SMILES string of the molecule is CCc1c(F)ccc2cc(O)cc(N3Cc4nc(OC56CC7CCC8CC5[N+]876)nc(N5CCCCCC5)c4C3=O)c12. The fourth-order valence-corrected chi connectivity index (χ4v) is 9.64. The Morgan fingerprint density at radius 1 is 1.12 bits per heavy atom. The Labute approximate surface area is 238 Å². The van der Waals surface area contributed by atoms with Gasteiger partial charge >= 0.3 is 11.7 Å². The van der Waals surface area contributed by atoms with E-state index in [9.17, 15) is 14.3 Å². The number of phenols is 1. The number of fused-ring (bicyclic) bond motifs is 3. The molecule has 6 aliphatic heterocycles. The topological polar surface area (TPSA) is 78.8 Å². The predicted molar refractivity (Wildman–Crippen MR) is 152 cm³/mol. The predicted octanol–water partition coefficient (Wildman–Crippen LogP) is 5.19. The Bertz CT molecular complexity index is 1650. The third kappa shape index (κ3) is 2.90. The summed E-state index contributed by atoms with van der Waals surface area (Å²) in [4.78, 5) is 28.1. The van der Waals surface area contributed by atoms with Gasteiger partial charge in [-0.25, -0.2) is 4.39 Å². The minimum absolute atomic E-state index is 0.0405. The molecular weight excluding hydrogens is 521 g/mol. The minimum atomic E-state index is -0.309. The number of benzene rings is 2. The van der Waals surface area contributed by atoms with Crippen LogP contribution in [-0.2, 0) is 13.0 Å². The summed E-state index contributed by atoms with van der Waals surface area (Å²) in [7, 11) is 0. The first-order chi connectivity index (χ1) is 20.0. The van der Waals surface area contributed by atoms with Gasteiger partial charge in [0.2, 0.25) is 0 Å². The van der Waals surface area contributed by atoms with Crippen molar-refractivity contribution in [2.75, 3.05) is 22.9 Å². The van der Waals surface area contributed by atoms with E-state index in [4.69, 9.17) is 14.7 Å². The van der Waals surface area contributed by atoms with Gasteiger partial charge in [-0.2, -0.15) is 9.97 Å². The second-order valence-electron chi connectivity index (χ2n) is 13.0. The minimum Gasteiger partial charge on any atom is -0.508 e. The monoisotopic (exact) mass is 556 g/mol. The number of aromatic hydroxyl groups is 1. The summed E-state index contributed by atoms with van der Waals surface area (Å²) in [5, 5.41) is 12.0. The van der Waals surface area contributed by atoms with E-state index in [0.717, 1.165) is 48.9 Å². The summed E-state index contributed by atoms with van der Waals surface area (Å²) in [5.74, 6) is 0.192. The summed E-state index contributed by atoms with van der Waals surface area (Å²) >= 11 is 0. The van der Waals surface area contributed by atoms with Crippen LogP contribution < -0.4 is 14.5 Å². The molecule has 8 nitrogen and oxygen atoms in total. The number of amides is 1. The van der Waals surface area contributed by atoms with E-state index in [1.165, 1.54) is 38.2 Å². The van der Waals surface area contributed by atoms with Crippen LogP contribution >= 0.6 is 0 Å². The Morgan fingerprint density at radius 3 is 2.71 bits per heavy atom. The number of anilines is 2. The first-order valence-corrected chi connectivity index (χ1v) is 15.5. The maximum Gasteiger partial charge on any atom is 0.323 e. The number of nitrogens with zero attached hydrogens (tertiary/aromatic N) is 5. The molecule has 5 unspecified atom stereocenters. The van der Waals surface area contributed by atoms with Gasteiger partial charge in [-0.15, -0.1) is 0 Å². The highest BCUT2D eigenvalue weighted by Crippen LogP contribution is 2.79. The van der Waals surface area contributed by atoms with Crippen LogP contribution in [0.3, 0.4) is 0 Å². The standard InChI is InChI=1S/C32H34FN5O3/c1-2-22-23(33)10-7-18-13-21(39)15-25(27(18)22)37-17-24-28(30(37)40)29(36-11-5-3-4-6-12-36)35-31(34-24)41-32-16-20-9-8-19-14-26(32)38(19,20)32/h7,10,13,15,19-20,26H,2-6,8-9,11-12,14,16-17H2,1H3/p+1. The number of hydrogen-bond donors (Lipinski definition) is 1. The van der Waals surface area contributed by atoms with Crippen molar-refractivity contribution in [2.45, 2.75) is 95.1 Å². The highest BCUT2D eigenvalue weighted by Gasteiger charge is 3.02. The first kappa shape index (κ1) is 24.2. The Hall–Kier alpha value is -3.46. The van der Waals surface area contributed by atoms with E-state index < -0.39 is 0 Å². The second-order valence-corrected chi connectivity index (χ2v) is 13.0. The summed E-state index contributed by atoms with van der Waals surface area (Å²) in [6.45, 7) is 3.82. The number of aryl methyl sites for hydroxylation is 1. The van der Waals surface area contributed by atoms with Gasteiger partial charge in [0, 0.05) is 37.4 Å². The Kier molecular flexibility index (Phi) is 4.77. The van der Waals surface area contributed by atoms with E-state index in [0.29, 0.717) is 57.6 Å². The number of quaternary nitrogens is 1. The van der Waals surface area contributed by atoms with Gasteiger partial charge in [0.1, 0.15) is 29.0 Å². The number of halogens is 1. The smallest absolute Gasteiger partial charge is 0.323 e. The van der Waals surface area contributed by atoms with Gasteiger partial charge in [0.05, 0.1) is 36.8 Å². The molecule has 0 bridgehead atoms. The van der Waals surface area contributed by atoms with Crippen molar-refractivity contribution in [1.82, 2.24) is 9.97 Å². The molecule has 212 valence electrons. The van der Waals surface area contributed by atoms with E-state index in [-0.39, 0.29) is 29.7 Å². The molecule has 5 saturated heterocycles. The number of phenolic OH excluding ortho intramolecular Hbond substituents is 1. The molecule has 2 aromatic carbocycles. The molecule has 7 heterocycles. The van der Waals surface area contributed by atoms with Crippen LogP contribution in [0, 0.1) is 5.82 Å². The molecule has 1 N–H and O–H groups in total. The van der Waals surface area contributed by atoms with Gasteiger partial charge in [-0.3, -0.25) is 9.28 Å². The van der Waals surface area contributed by atoms with Crippen molar-refractivity contribution in [1.29, 1.82) is 0 Å². The van der Waals surface area contributed by atoms with Crippen LogP contribution in [0.4, 0.5) is 15.9 Å². The van der Waals surface area contributed by atoms with E-state index in [2.05, 4.69) is 4.90 Å². The molecule has 9 heteroatoms. The van der Waals surface area contributed by atoms with E-state index >= 15 is 0 Å². The Morgan fingerprint density at radius 2 is 1.93 bits per heavy atom. The molecule has 0 radical (unpaired) electrons. The van der Waals surface area contributed by atoms with Crippen molar-refractivity contribution in [2.24, 2.45) is 0 Å². The summed E-state index contributed by atoms with van der Waals surface area (Å²) in [5.41, 5.74) is 2.05. The number of rotatable bonds is 5. The van der Waals surface area contributed by atoms with Crippen molar-refractivity contribution < 1.29 is 23.5 Å². The lowest BCUT2D eigenvalue weighted by Crippen LogP contribution is -2.60. The number of carbonyl (C=O) groups excluding carboxylic acids is 1. The molecule has 5 fully saturated rings. The molecule has 1 aromatic heterocycles. The fourth-order valence-electron chi connectivity index (χ4n) is 9.64. The molecule has 1 spiro atoms. The van der Waals surface area contributed by atoms with Gasteiger partial charge in [-0.05, 0) is 42.3 Å².